The Morgan fingerprint density at radius 2 is 2.03 bits per heavy atom. The molecule has 0 spiro atoms. The zero-order valence-corrected chi connectivity index (χ0v) is 17.0. The lowest BCUT2D eigenvalue weighted by Gasteiger charge is -2.11. The summed E-state index contributed by atoms with van der Waals surface area (Å²) in [5.74, 6) is 0.192. The number of fused-ring (bicyclic) bond motifs is 3. The van der Waals surface area contributed by atoms with E-state index in [4.69, 9.17) is 18.9 Å². The summed E-state index contributed by atoms with van der Waals surface area (Å²) in [4.78, 5) is 19.5. The third kappa shape index (κ3) is 4.84. The second kappa shape index (κ2) is 10.2. The summed E-state index contributed by atoms with van der Waals surface area (Å²) in [5, 5.41) is 5.39. The molecule has 2 aromatic heterocycles. The first-order valence-electron chi connectivity index (χ1n) is 9.72. The molecule has 1 aromatic carbocycles. The van der Waals surface area contributed by atoms with Gasteiger partial charge in [0.15, 0.2) is 0 Å². The lowest BCUT2D eigenvalue weighted by molar-refractivity contribution is 0.101. The topological polar surface area (TPSA) is 94.7 Å². The summed E-state index contributed by atoms with van der Waals surface area (Å²) in [5.41, 5.74) is 3.66. The second-order valence-corrected chi connectivity index (χ2v) is 6.39. The van der Waals surface area contributed by atoms with Gasteiger partial charge in [-0.1, -0.05) is 12.1 Å². The van der Waals surface area contributed by atoms with Gasteiger partial charge in [0.1, 0.15) is 0 Å². The number of H-pyrrole nitrogens is 1. The predicted molar refractivity (Wildman–Crippen MR) is 110 cm³/mol. The van der Waals surface area contributed by atoms with E-state index in [1.165, 1.54) is 0 Å². The van der Waals surface area contributed by atoms with Crippen LogP contribution in [0.1, 0.15) is 25.0 Å². The van der Waals surface area contributed by atoms with Crippen LogP contribution in [0, 0.1) is 0 Å². The fraction of sp³-hybridized carbons (Fsp3) is 0.429. The first-order chi connectivity index (χ1) is 14.2. The number of pyridine rings is 1. The van der Waals surface area contributed by atoms with Gasteiger partial charge in [-0.15, -0.1) is 0 Å². The van der Waals surface area contributed by atoms with E-state index in [1.807, 2.05) is 19.1 Å². The highest BCUT2D eigenvalue weighted by molar-refractivity contribution is 6.11. The number of benzene rings is 1. The van der Waals surface area contributed by atoms with E-state index in [-0.39, 0.29) is 19.1 Å². The van der Waals surface area contributed by atoms with Crippen molar-refractivity contribution in [2.24, 2.45) is 0 Å². The van der Waals surface area contributed by atoms with Crippen molar-refractivity contribution in [3.63, 3.8) is 0 Å². The second-order valence-electron chi connectivity index (χ2n) is 6.39. The molecule has 0 unspecified atom stereocenters. The van der Waals surface area contributed by atoms with Crippen LogP contribution in [0.2, 0.25) is 0 Å². The van der Waals surface area contributed by atoms with Crippen LogP contribution in [0.3, 0.4) is 0 Å². The van der Waals surface area contributed by atoms with Crippen molar-refractivity contribution in [2.75, 3.05) is 33.5 Å². The minimum atomic E-state index is -0.783. The van der Waals surface area contributed by atoms with Crippen molar-refractivity contribution in [2.45, 2.75) is 27.0 Å². The molecule has 0 aliphatic heterocycles. The van der Waals surface area contributed by atoms with E-state index in [2.05, 4.69) is 21.4 Å². The average molecular weight is 401 g/mol. The van der Waals surface area contributed by atoms with Gasteiger partial charge in [-0.25, -0.2) is 9.78 Å². The van der Waals surface area contributed by atoms with Crippen LogP contribution in [0.5, 0.6) is 5.88 Å². The molecule has 156 valence electrons. The number of nitrogens with zero attached hydrogens (tertiary/aromatic N) is 1. The van der Waals surface area contributed by atoms with Crippen molar-refractivity contribution < 1.29 is 23.7 Å². The van der Waals surface area contributed by atoms with E-state index < -0.39 is 6.16 Å². The van der Waals surface area contributed by atoms with Crippen molar-refractivity contribution in [1.82, 2.24) is 15.3 Å². The number of aromatic nitrogens is 2. The highest BCUT2D eigenvalue weighted by Gasteiger charge is 2.19. The van der Waals surface area contributed by atoms with Crippen molar-refractivity contribution in [1.29, 1.82) is 0 Å². The first kappa shape index (κ1) is 21.0. The largest absolute Gasteiger partial charge is 0.515 e. The number of hydrogen-bond acceptors (Lipinski definition) is 7. The Labute approximate surface area is 169 Å². The summed E-state index contributed by atoms with van der Waals surface area (Å²) >= 11 is 0. The lowest BCUT2D eigenvalue weighted by Crippen LogP contribution is -2.19. The van der Waals surface area contributed by atoms with Crippen LogP contribution in [0.15, 0.2) is 24.4 Å². The highest BCUT2D eigenvalue weighted by Crippen LogP contribution is 2.35. The standard InChI is InChI=1S/C21H27N3O5/c1-4-27-10-9-22-11-14-7-6-8-16-18(14)19-15(13-26-3)20(23-12-17(19)24-16)29-21(25)28-5-2/h6-8,12,22,24H,4-5,9-11,13H2,1-3H3. The van der Waals surface area contributed by atoms with Crippen molar-refractivity contribution in [3.05, 3.63) is 35.5 Å². The molecule has 3 rings (SSSR count). The van der Waals surface area contributed by atoms with E-state index >= 15 is 0 Å². The zero-order chi connectivity index (χ0) is 20.6. The van der Waals surface area contributed by atoms with Gasteiger partial charge in [0.05, 0.1) is 37.1 Å². The molecule has 3 aromatic rings. The molecule has 0 saturated carbocycles. The van der Waals surface area contributed by atoms with Crippen LogP contribution in [-0.2, 0) is 27.4 Å². The van der Waals surface area contributed by atoms with E-state index in [0.29, 0.717) is 25.3 Å². The van der Waals surface area contributed by atoms with Crippen LogP contribution in [0.4, 0.5) is 4.79 Å². The molecular weight excluding hydrogens is 374 g/mol. The number of ether oxygens (including phenoxy) is 4. The van der Waals surface area contributed by atoms with E-state index in [1.54, 1.807) is 20.2 Å². The molecule has 0 aliphatic carbocycles. The molecule has 29 heavy (non-hydrogen) atoms. The van der Waals surface area contributed by atoms with Gasteiger partial charge in [-0.05, 0) is 25.5 Å². The Morgan fingerprint density at radius 1 is 1.17 bits per heavy atom. The molecule has 0 fully saturated rings. The predicted octanol–water partition coefficient (Wildman–Crippen LogP) is 3.52. The molecule has 2 N–H and O–H groups in total. The molecular formula is C21H27N3O5. The number of hydrogen-bond donors (Lipinski definition) is 2. The van der Waals surface area contributed by atoms with Gasteiger partial charge in [-0.3, -0.25) is 0 Å². The molecule has 2 heterocycles. The van der Waals surface area contributed by atoms with E-state index in [0.717, 1.165) is 33.9 Å². The van der Waals surface area contributed by atoms with Crippen molar-refractivity contribution in [3.8, 4) is 5.88 Å². The van der Waals surface area contributed by atoms with Gasteiger partial charge in [-0.2, -0.15) is 0 Å². The maximum Gasteiger partial charge on any atom is 0.515 e. The van der Waals surface area contributed by atoms with Gasteiger partial charge in [0, 0.05) is 43.1 Å². The summed E-state index contributed by atoms with van der Waals surface area (Å²) < 4.78 is 21.0. The normalized spacial score (nSPS) is 11.3. The fourth-order valence-electron chi connectivity index (χ4n) is 3.31. The number of rotatable bonds is 10. The van der Waals surface area contributed by atoms with Gasteiger partial charge < -0.3 is 29.2 Å². The van der Waals surface area contributed by atoms with Crippen molar-refractivity contribution >= 4 is 28.0 Å². The first-order valence-corrected chi connectivity index (χ1v) is 9.72. The molecule has 0 atom stereocenters. The summed E-state index contributed by atoms with van der Waals surface area (Å²) in [7, 11) is 1.60. The average Bonchev–Trinajstić information content (AvgIpc) is 3.09. The summed E-state index contributed by atoms with van der Waals surface area (Å²) in [6.45, 7) is 6.99. The van der Waals surface area contributed by atoms with Crippen LogP contribution in [0.25, 0.3) is 21.8 Å². The molecule has 8 nitrogen and oxygen atoms in total. The molecule has 8 heteroatoms. The maximum absolute atomic E-state index is 11.8. The highest BCUT2D eigenvalue weighted by atomic mass is 16.7. The molecule has 0 amide bonds. The Balaban J connectivity index is 2.03. The molecule has 0 saturated heterocycles. The minimum Gasteiger partial charge on any atom is -0.434 e. The quantitative estimate of drug-likeness (QED) is 0.396. The summed E-state index contributed by atoms with van der Waals surface area (Å²) in [6, 6.07) is 6.10. The number of methoxy groups -OCH3 is 1. The van der Waals surface area contributed by atoms with Crippen LogP contribution >= 0.6 is 0 Å². The van der Waals surface area contributed by atoms with Crippen LogP contribution in [-0.4, -0.2) is 49.6 Å². The molecule has 0 radical (unpaired) electrons. The van der Waals surface area contributed by atoms with E-state index in [9.17, 15) is 4.79 Å². The number of carbonyl (C=O) groups excluding carboxylic acids is 1. The third-order valence-corrected chi connectivity index (χ3v) is 4.48. The smallest absolute Gasteiger partial charge is 0.434 e. The number of aromatic amines is 1. The Bertz CT molecular complexity index is 970. The number of nitrogens with one attached hydrogen (secondary N) is 2. The Hall–Kier alpha value is -2.68. The minimum absolute atomic E-state index is 0.192. The Morgan fingerprint density at radius 3 is 2.79 bits per heavy atom. The van der Waals surface area contributed by atoms with Gasteiger partial charge in [0.2, 0.25) is 5.88 Å². The maximum atomic E-state index is 11.8. The molecule has 0 aliphatic rings. The van der Waals surface area contributed by atoms with Gasteiger partial charge in [0.25, 0.3) is 0 Å². The summed E-state index contributed by atoms with van der Waals surface area (Å²) in [6.07, 6.45) is 0.879. The van der Waals surface area contributed by atoms with Gasteiger partial charge >= 0.3 is 6.16 Å². The third-order valence-electron chi connectivity index (χ3n) is 4.48. The zero-order valence-electron chi connectivity index (χ0n) is 17.0. The number of carbonyl (C=O) groups is 1. The monoisotopic (exact) mass is 401 g/mol. The van der Waals surface area contributed by atoms with Crippen LogP contribution < -0.4 is 10.1 Å². The SMILES string of the molecule is CCOCCNCc1cccc2[nH]c3cnc(OC(=O)OCC)c(COC)c3c12. The fourth-order valence-corrected chi connectivity index (χ4v) is 3.31. The Kier molecular flexibility index (Phi) is 7.40. The lowest BCUT2D eigenvalue weighted by atomic mass is 10.0. The molecule has 0 bridgehead atoms.